The minimum atomic E-state index is 0.0508. The molecule has 1 aliphatic heterocycles. The lowest BCUT2D eigenvalue weighted by Gasteiger charge is -2.36. The first kappa shape index (κ1) is 13.7. The summed E-state index contributed by atoms with van der Waals surface area (Å²) in [6, 6.07) is 4.37. The Hall–Kier alpha value is -1.29. The van der Waals surface area contributed by atoms with Gasteiger partial charge in [-0.3, -0.25) is 4.79 Å². The lowest BCUT2D eigenvalue weighted by Crippen LogP contribution is -3.18. The zero-order chi connectivity index (χ0) is 13.8. The monoisotopic (exact) mass is 277 g/mol. The summed E-state index contributed by atoms with van der Waals surface area (Å²) in [6.07, 6.45) is 9.93. The molecule has 2 fully saturated rings. The number of furan rings is 1. The molecule has 1 aromatic heterocycles. The van der Waals surface area contributed by atoms with Gasteiger partial charge in [-0.2, -0.15) is 0 Å². The molecule has 0 atom stereocenters. The largest absolute Gasteiger partial charge is 0.459 e. The third-order valence-electron chi connectivity index (χ3n) is 4.86. The van der Waals surface area contributed by atoms with Gasteiger partial charge in [-0.05, 0) is 37.8 Å². The molecule has 1 N–H and O–H groups in total. The highest BCUT2D eigenvalue weighted by Gasteiger charge is 2.30. The van der Waals surface area contributed by atoms with E-state index in [9.17, 15) is 4.79 Å². The van der Waals surface area contributed by atoms with Crippen LogP contribution in [0.5, 0.6) is 0 Å². The van der Waals surface area contributed by atoms with Crippen LogP contribution < -0.4 is 4.90 Å². The minimum Gasteiger partial charge on any atom is -0.459 e. The van der Waals surface area contributed by atoms with Crippen LogP contribution in [-0.4, -0.2) is 43.0 Å². The highest BCUT2D eigenvalue weighted by Crippen LogP contribution is 2.16. The molecule has 4 nitrogen and oxygen atoms in total. The highest BCUT2D eigenvalue weighted by molar-refractivity contribution is 5.91. The second-order valence-corrected chi connectivity index (χ2v) is 6.12. The lowest BCUT2D eigenvalue weighted by molar-refractivity contribution is -0.929. The number of hydrogen-bond acceptors (Lipinski definition) is 2. The molecule has 1 saturated heterocycles. The van der Waals surface area contributed by atoms with Crippen molar-refractivity contribution in [2.24, 2.45) is 0 Å². The molecule has 2 aliphatic rings. The van der Waals surface area contributed by atoms with E-state index < -0.39 is 0 Å². The van der Waals surface area contributed by atoms with Gasteiger partial charge in [0.2, 0.25) is 0 Å². The van der Waals surface area contributed by atoms with Crippen molar-refractivity contribution >= 4 is 5.91 Å². The molecule has 1 amide bonds. The number of nitrogens with zero attached hydrogens (tertiary/aromatic N) is 1. The Kier molecular flexibility index (Phi) is 4.41. The van der Waals surface area contributed by atoms with Gasteiger partial charge in [0.05, 0.1) is 38.5 Å². The second kappa shape index (κ2) is 6.44. The Labute approximate surface area is 120 Å². The number of nitrogens with one attached hydrogen (secondary N) is 1. The molecule has 0 radical (unpaired) electrons. The summed E-state index contributed by atoms with van der Waals surface area (Å²) in [5.41, 5.74) is 0. The summed E-state index contributed by atoms with van der Waals surface area (Å²) in [5.74, 6) is 0.526. The fourth-order valence-electron chi connectivity index (χ4n) is 3.65. The molecule has 0 spiro atoms. The zero-order valence-corrected chi connectivity index (χ0v) is 12.1. The summed E-state index contributed by atoms with van der Waals surface area (Å²) in [7, 11) is 0. The van der Waals surface area contributed by atoms with Gasteiger partial charge in [-0.15, -0.1) is 0 Å². The maximum absolute atomic E-state index is 12.2. The molecule has 0 unspecified atom stereocenters. The average molecular weight is 277 g/mol. The summed E-state index contributed by atoms with van der Waals surface area (Å²) < 4.78 is 5.21. The fraction of sp³-hybridized carbons (Fsp3) is 0.688. The first-order chi connectivity index (χ1) is 9.84. The van der Waals surface area contributed by atoms with Gasteiger partial charge in [-0.1, -0.05) is 12.8 Å². The van der Waals surface area contributed by atoms with Crippen LogP contribution in [0.4, 0.5) is 0 Å². The Bertz CT molecular complexity index is 414. The molecule has 1 aromatic rings. The second-order valence-electron chi connectivity index (χ2n) is 6.12. The molecular formula is C16H25N2O2+. The van der Waals surface area contributed by atoms with Crippen LogP contribution in [0.1, 0.15) is 49.1 Å². The van der Waals surface area contributed by atoms with Gasteiger partial charge in [0.25, 0.3) is 5.91 Å². The van der Waals surface area contributed by atoms with Crippen LogP contribution in [0.25, 0.3) is 0 Å². The summed E-state index contributed by atoms with van der Waals surface area (Å²) in [4.78, 5) is 15.9. The number of amides is 1. The van der Waals surface area contributed by atoms with Crippen LogP contribution in [0.3, 0.4) is 0 Å². The van der Waals surface area contributed by atoms with E-state index >= 15 is 0 Å². The van der Waals surface area contributed by atoms with E-state index in [1.807, 2.05) is 4.90 Å². The standard InChI is InChI=1S/C16H24N2O2/c19-16(15-8-5-13-20-15)18-11-9-17(10-12-18)14-6-3-1-2-4-7-14/h5,8,13-14H,1-4,6-7,9-12H2/p+1. The summed E-state index contributed by atoms with van der Waals surface area (Å²) in [6.45, 7) is 3.92. The molecule has 20 heavy (non-hydrogen) atoms. The topological polar surface area (TPSA) is 37.9 Å². The van der Waals surface area contributed by atoms with Crippen molar-refractivity contribution in [1.29, 1.82) is 0 Å². The SMILES string of the molecule is O=C(c1ccco1)N1CC[NH+](C2CCCCCC2)CC1. The molecule has 1 saturated carbocycles. The third kappa shape index (κ3) is 3.06. The molecule has 2 heterocycles. The van der Waals surface area contributed by atoms with Crippen molar-refractivity contribution in [2.45, 2.75) is 44.6 Å². The average Bonchev–Trinajstić information content (AvgIpc) is 2.89. The van der Waals surface area contributed by atoms with Gasteiger partial charge in [-0.25, -0.2) is 0 Å². The quantitative estimate of drug-likeness (QED) is 0.829. The van der Waals surface area contributed by atoms with E-state index in [0.29, 0.717) is 5.76 Å². The molecule has 0 bridgehead atoms. The molecular weight excluding hydrogens is 252 g/mol. The van der Waals surface area contributed by atoms with Gasteiger partial charge >= 0.3 is 0 Å². The van der Waals surface area contributed by atoms with Crippen LogP contribution >= 0.6 is 0 Å². The van der Waals surface area contributed by atoms with E-state index in [-0.39, 0.29) is 5.91 Å². The number of piperazine rings is 1. The van der Waals surface area contributed by atoms with Gasteiger partial charge in [0.1, 0.15) is 0 Å². The molecule has 3 rings (SSSR count). The maximum atomic E-state index is 12.2. The predicted molar refractivity (Wildman–Crippen MR) is 76.8 cm³/mol. The summed E-state index contributed by atoms with van der Waals surface area (Å²) >= 11 is 0. The van der Waals surface area contributed by atoms with Crippen molar-refractivity contribution in [3.8, 4) is 0 Å². The van der Waals surface area contributed by atoms with Crippen LogP contribution in [-0.2, 0) is 0 Å². The van der Waals surface area contributed by atoms with E-state index in [4.69, 9.17) is 4.42 Å². The van der Waals surface area contributed by atoms with E-state index in [1.54, 1.807) is 23.3 Å². The Morgan fingerprint density at radius 2 is 1.85 bits per heavy atom. The lowest BCUT2D eigenvalue weighted by atomic mass is 10.1. The number of carbonyl (C=O) groups excluding carboxylic acids is 1. The van der Waals surface area contributed by atoms with E-state index in [2.05, 4.69) is 0 Å². The van der Waals surface area contributed by atoms with Gasteiger partial charge < -0.3 is 14.2 Å². The zero-order valence-electron chi connectivity index (χ0n) is 12.1. The Morgan fingerprint density at radius 3 is 2.45 bits per heavy atom. The number of hydrogen-bond donors (Lipinski definition) is 1. The molecule has 110 valence electrons. The van der Waals surface area contributed by atoms with Crippen molar-refractivity contribution in [3.05, 3.63) is 24.2 Å². The first-order valence-electron chi connectivity index (χ1n) is 8.02. The predicted octanol–water partition coefficient (Wildman–Crippen LogP) is 1.34. The number of carbonyl (C=O) groups is 1. The normalized spacial score (nSPS) is 22.7. The van der Waals surface area contributed by atoms with Crippen molar-refractivity contribution in [3.63, 3.8) is 0 Å². The van der Waals surface area contributed by atoms with E-state index in [1.165, 1.54) is 38.5 Å². The first-order valence-corrected chi connectivity index (χ1v) is 8.02. The van der Waals surface area contributed by atoms with Crippen LogP contribution in [0.15, 0.2) is 22.8 Å². The Balaban J connectivity index is 1.52. The van der Waals surface area contributed by atoms with Crippen molar-refractivity contribution < 1.29 is 14.1 Å². The van der Waals surface area contributed by atoms with Crippen LogP contribution in [0.2, 0.25) is 0 Å². The van der Waals surface area contributed by atoms with E-state index in [0.717, 1.165) is 32.2 Å². The number of rotatable bonds is 2. The van der Waals surface area contributed by atoms with Gasteiger partial charge in [0.15, 0.2) is 5.76 Å². The fourth-order valence-corrected chi connectivity index (χ4v) is 3.65. The third-order valence-corrected chi connectivity index (χ3v) is 4.86. The smallest absolute Gasteiger partial charge is 0.289 e. The highest BCUT2D eigenvalue weighted by atomic mass is 16.3. The van der Waals surface area contributed by atoms with Crippen LogP contribution in [0, 0.1) is 0 Å². The minimum absolute atomic E-state index is 0.0508. The van der Waals surface area contributed by atoms with Crippen molar-refractivity contribution in [2.75, 3.05) is 26.2 Å². The Morgan fingerprint density at radius 1 is 1.15 bits per heavy atom. The van der Waals surface area contributed by atoms with Gasteiger partial charge in [0, 0.05) is 0 Å². The van der Waals surface area contributed by atoms with Crippen molar-refractivity contribution in [1.82, 2.24) is 4.90 Å². The molecule has 0 aromatic carbocycles. The summed E-state index contributed by atoms with van der Waals surface area (Å²) in [5, 5.41) is 0. The maximum Gasteiger partial charge on any atom is 0.289 e. The molecule has 1 aliphatic carbocycles. The molecule has 4 heteroatoms. The number of quaternary nitrogens is 1.